The minimum Gasteiger partial charge on any atom is -0.486 e. The summed E-state index contributed by atoms with van der Waals surface area (Å²) in [6.07, 6.45) is -2.86. The highest BCUT2D eigenvalue weighted by molar-refractivity contribution is 7.86. The van der Waals surface area contributed by atoms with Gasteiger partial charge in [0.15, 0.2) is 5.75 Å². The van der Waals surface area contributed by atoms with Crippen molar-refractivity contribution in [3.05, 3.63) is 41.7 Å². The number of aryl methyl sites for hydroxylation is 2. The van der Waals surface area contributed by atoms with Crippen molar-refractivity contribution in [1.29, 1.82) is 0 Å². The molecule has 0 bridgehead atoms. The fourth-order valence-corrected chi connectivity index (χ4v) is 4.25. The fourth-order valence-electron chi connectivity index (χ4n) is 3.11. The van der Waals surface area contributed by atoms with Crippen molar-refractivity contribution < 1.29 is 30.5 Å². The largest absolute Gasteiger partial charge is 0.486 e. The molecule has 0 radical (unpaired) electrons. The lowest BCUT2D eigenvalue weighted by atomic mass is 9.95. The van der Waals surface area contributed by atoms with Gasteiger partial charge in [-0.25, -0.2) is 0 Å². The van der Waals surface area contributed by atoms with E-state index < -0.39 is 34.2 Å². The van der Waals surface area contributed by atoms with Crippen molar-refractivity contribution >= 4 is 10.1 Å². The van der Waals surface area contributed by atoms with Gasteiger partial charge in [-0.3, -0.25) is 8.86 Å². The Kier molecular flexibility index (Phi) is 5.72. The smallest absolute Gasteiger partial charge is 0.438 e. The molecular weight excluding hydrogens is 397 g/mol. The topological polar surface area (TPSA) is 70.4 Å². The van der Waals surface area contributed by atoms with Crippen LogP contribution < -0.4 is 4.74 Å². The molecule has 0 spiro atoms. The van der Waals surface area contributed by atoms with Gasteiger partial charge in [-0.2, -0.15) is 26.7 Å². The van der Waals surface area contributed by atoms with Crippen LogP contribution in [0.1, 0.15) is 36.9 Å². The second-order valence-electron chi connectivity index (χ2n) is 6.89. The summed E-state index contributed by atoms with van der Waals surface area (Å²) in [4.78, 5) is 0.0849. The predicted octanol–water partition coefficient (Wildman–Crippen LogP) is 3.84. The van der Waals surface area contributed by atoms with Crippen molar-refractivity contribution in [3.8, 4) is 5.75 Å². The molecule has 6 nitrogen and oxygen atoms in total. The summed E-state index contributed by atoms with van der Waals surface area (Å²) in [7, 11) is -2.49. The Morgan fingerprint density at radius 3 is 2.21 bits per heavy atom. The number of benzene rings is 1. The molecule has 10 heteroatoms. The van der Waals surface area contributed by atoms with E-state index in [0.717, 1.165) is 10.2 Å². The first-order chi connectivity index (χ1) is 13.0. The van der Waals surface area contributed by atoms with Crippen molar-refractivity contribution in [2.45, 2.75) is 55.9 Å². The molecule has 3 rings (SSSR count). The van der Waals surface area contributed by atoms with Gasteiger partial charge in [-0.15, -0.1) is 0 Å². The summed E-state index contributed by atoms with van der Waals surface area (Å²) in [6, 6.07) is 6.35. The molecule has 1 aliphatic rings. The molecule has 28 heavy (non-hydrogen) atoms. The van der Waals surface area contributed by atoms with Gasteiger partial charge in [0.25, 0.3) is 10.1 Å². The molecule has 1 saturated carbocycles. The summed E-state index contributed by atoms with van der Waals surface area (Å²) >= 11 is 0. The first kappa shape index (κ1) is 20.7. The maximum atomic E-state index is 13.0. The van der Waals surface area contributed by atoms with Gasteiger partial charge in [0.05, 0.1) is 23.3 Å². The average molecular weight is 418 g/mol. The molecule has 1 fully saturated rings. The van der Waals surface area contributed by atoms with Crippen LogP contribution in [0.25, 0.3) is 0 Å². The highest BCUT2D eigenvalue weighted by Crippen LogP contribution is 2.36. The first-order valence-corrected chi connectivity index (χ1v) is 10.2. The quantitative estimate of drug-likeness (QED) is 0.690. The third-order valence-corrected chi connectivity index (χ3v) is 5.93. The Morgan fingerprint density at radius 1 is 1.07 bits per heavy atom. The highest BCUT2D eigenvalue weighted by Gasteiger charge is 2.39. The van der Waals surface area contributed by atoms with E-state index in [4.69, 9.17) is 8.92 Å². The molecule has 1 heterocycles. The molecule has 2 aromatic rings. The number of ether oxygens (including phenoxy) is 1. The van der Waals surface area contributed by atoms with Crippen LogP contribution in [0.3, 0.4) is 0 Å². The van der Waals surface area contributed by atoms with Crippen LogP contribution in [-0.2, 0) is 27.5 Å². The first-order valence-electron chi connectivity index (χ1n) is 8.82. The van der Waals surface area contributed by atoms with Crippen molar-refractivity contribution in [3.63, 3.8) is 0 Å². The summed E-state index contributed by atoms with van der Waals surface area (Å²) in [5.41, 5.74) is -0.124. The van der Waals surface area contributed by atoms with E-state index in [-0.39, 0.29) is 10.6 Å². The summed E-state index contributed by atoms with van der Waals surface area (Å²) < 4.78 is 75.6. The fraction of sp³-hybridized carbons (Fsp3) is 0.500. The summed E-state index contributed by atoms with van der Waals surface area (Å²) in [6.45, 7) is 1.85. The zero-order chi connectivity index (χ0) is 20.5. The Morgan fingerprint density at radius 2 is 1.64 bits per heavy atom. The number of aromatic nitrogens is 2. The van der Waals surface area contributed by atoms with Crippen molar-refractivity contribution in [2.75, 3.05) is 0 Å². The van der Waals surface area contributed by atoms with Crippen LogP contribution in [0.15, 0.2) is 35.4 Å². The summed E-state index contributed by atoms with van der Waals surface area (Å²) in [5.74, 6) is -0.313. The minimum atomic E-state index is -4.60. The van der Waals surface area contributed by atoms with E-state index in [1.165, 1.54) is 25.4 Å². The van der Waals surface area contributed by atoms with Crippen molar-refractivity contribution in [1.82, 2.24) is 9.78 Å². The van der Waals surface area contributed by atoms with E-state index in [0.29, 0.717) is 25.7 Å². The maximum Gasteiger partial charge on any atom is 0.438 e. The van der Waals surface area contributed by atoms with Gasteiger partial charge in [0, 0.05) is 7.05 Å². The van der Waals surface area contributed by atoms with Gasteiger partial charge >= 0.3 is 6.18 Å². The van der Waals surface area contributed by atoms with E-state index in [1.807, 2.05) is 6.92 Å². The lowest BCUT2D eigenvalue weighted by Crippen LogP contribution is -2.30. The molecule has 0 saturated heterocycles. The van der Waals surface area contributed by atoms with Crippen molar-refractivity contribution in [2.24, 2.45) is 7.05 Å². The lowest BCUT2D eigenvalue weighted by Gasteiger charge is -2.28. The minimum absolute atomic E-state index is 0.0849. The van der Waals surface area contributed by atoms with E-state index >= 15 is 0 Å². The third-order valence-electron chi connectivity index (χ3n) is 4.55. The molecule has 1 aliphatic carbocycles. The Hall–Kier alpha value is -2.07. The van der Waals surface area contributed by atoms with Crippen LogP contribution in [0.2, 0.25) is 0 Å². The van der Waals surface area contributed by atoms with Gasteiger partial charge in [-0.05, 0) is 44.7 Å². The van der Waals surface area contributed by atoms with E-state index in [9.17, 15) is 21.6 Å². The molecule has 0 N–H and O–H groups in total. The van der Waals surface area contributed by atoms with Gasteiger partial charge in [-0.1, -0.05) is 17.7 Å². The van der Waals surface area contributed by atoms with Crippen LogP contribution in [0, 0.1) is 6.92 Å². The average Bonchev–Trinajstić information content (AvgIpc) is 2.97. The molecule has 0 atom stereocenters. The molecule has 0 amide bonds. The number of alkyl halides is 3. The Bertz CT molecular complexity index is 915. The monoisotopic (exact) mass is 418 g/mol. The second kappa shape index (κ2) is 7.75. The molecule has 1 aromatic carbocycles. The lowest BCUT2D eigenvalue weighted by molar-refractivity contribution is -0.143. The number of hydrogen-bond donors (Lipinski definition) is 0. The van der Waals surface area contributed by atoms with Crippen LogP contribution in [0.4, 0.5) is 13.2 Å². The van der Waals surface area contributed by atoms with Gasteiger partial charge < -0.3 is 4.74 Å². The van der Waals surface area contributed by atoms with Crippen LogP contribution in [-0.4, -0.2) is 30.4 Å². The Labute approximate surface area is 161 Å². The standard InChI is InChI=1S/C18H21F3N2O4S/c1-12-3-9-15(10-4-12)28(24,25)27-14-7-5-13(6-8-14)26-16-11-23(2)22-17(16)18(19,20)21/h3-4,9-11,13-14H,5-8H2,1-2H3. The molecular formula is C18H21F3N2O4S. The predicted molar refractivity (Wildman–Crippen MR) is 94.3 cm³/mol. The molecule has 0 unspecified atom stereocenters. The molecule has 154 valence electrons. The number of hydrogen-bond acceptors (Lipinski definition) is 5. The third kappa shape index (κ3) is 4.85. The Balaban J connectivity index is 1.59. The van der Waals surface area contributed by atoms with Crippen LogP contribution >= 0.6 is 0 Å². The normalized spacial score (nSPS) is 20.9. The molecule has 0 aliphatic heterocycles. The zero-order valence-corrected chi connectivity index (χ0v) is 16.3. The second-order valence-corrected chi connectivity index (χ2v) is 8.47. The van der Waals surface area contributed by atoms with Crippen LogP contribution in [0.5, 0.6) is 5.75 Å². The summed E-state index contributed by atoms with van der Waals surface area (Å²) in [5, 5.41) is 3.41. The SMILES string of the molecule is Cc1ccc(S(=O)(=O)OC2CCC(Oc3cn(C)nc3C(F)(F)F)CC2)cc1. The van der Waals surface area contributed by atoms with Gasteiger partial charge in [0.1, 0.15) is 0 Å². The zero-order valence-electron chi connectivity index (χ0n) is 15.4. The van der Waals surface area contributed by atoms with Gasteiger partial charge in [0.2, 0.25) is 5.69 Å². The highest BCUT2D eigenvalue weighted by atomic mass is 32.2. The number of rotatable bonds is 5. The van der Waals surface area contributed by atoms with E-state index in [2.05, 4.69) is 5.10 Å². The van der Waals surface area contributed by atoms with E-state index in [1.54, 1.807) is 12.1 Å². The maximum absolute atomic E-state index is 13.0. The molecule has 1 aromatic heterocycles. The number of halogens is 3. The number of nitrogens with zero attached hydrogens (tertiary/aromatic N) is 2.